The lowest BCUT2D eigenvalue weighted by molar-refractivity contribution is -0.142. The second-order valence-electron chi connectivity index (χ2n) is 8.41. The number of carbonyl (C=O) groups excluding carboxylic acids is 2. The molecule has 1 aliphatic heterocycles. The molecule has 8 nitrogen and oxygen atoms in total. The normalized spacial score (nSPS) is 14.8. The topological polar surface area (TPSA) is 84.2 Å². The molecule has 1 atom stereocenters. The predicted octanol–water partition coefficient (Wildman–Crippen LogP) is 3.64. The minimum Gasteiger partial charge on any atom is -0.339 e. The average molecular weight is 481 g/mol. The molecule has 1 unspecified atom stereocenters. The van der Waals surface area contributed by atoms with Gasteiger partial charge in [0.15, 0.2) is 6.04 Å². The van der Waals surface area contributed by atoms with Crippen LogP contribution in [0.4, 0.5) is 0 Å². The van der Waals surface area contributed by atoms with Gasteiger partial charge in [0.1, 0.15) is 0 Å². The summed E-state index contributed by atoms with van der Waals surface area (Å²) in [4.78, 5) is 30.9. The molecule has 2 heterocycles. The Hall–Kier alpha value is -3.26. The van der Waals surface area contributed by atoms with Crippen LogP contribution in [0.5, 0.6) is 0 Å². The maximum absolute atomic E-state index is 13.2. The van der Waals surface area contributed by atoms with E-state index in [1.165, 1.54) is 10.4 Å². The molecule has 1 aliphatic rings. The Morgan fingerprint density at radius 3 is 2.32 bits per heavy atom. The second-order valence-corrected chi connectivity index (χ2v) is 8.85. The van der Waals surface area contributed by atoms with E-state index in [9.17, 15) is 9.59 Å². The standard InChI is InChI=1S/C25H29ClN6O2/c1-2-22(32-28-24(27-29-32)20-11-13-21(26)14-12-20)25(34)31-17-15-30(16-18-31)23(33)10-6-9-19-7-4-3-5-8-19/h3-5,7-8,11-14,22H,2,6,9-10,15-18H2,1H3. The zero-order valence-electron chi connectivity index (χ0n) is 19.3. The Labute approximate surface area is 204 Å². The lowest BCUT2D eigenvalue weighted by Crippen LogP contribution is -2.52. The van der Waals surface area contributed by atoms with Crippen molar-refractivity contribution < 1.29 is 9.59 Å². The van der Waals surface area contributed by atoms with Crippen LogP contribution >= 0.6 is 11.6 Å². The molecule has 4 rings (SSSR count). The summed E-state index contributed by atoms with van der Waals surface area (Å²) in [5, 5.41) is 13.3. The van der Waals surface area contributed by atoms with Gasteiger partial charge in [0.25, 0.3) is 0 Å². The Kier molecular flexibility index (Phi) is 7.90. The van der Waals surface area contributed by atoms with Gasteiger partial charge in [-0.25, -0.2) is 0 Å². The third-order valence-electron chi connectivity index (χ3n) is 6.12. The van der Waals surface area contributed by atoms with Gasteiger partial charge in [-0.05, 0) is 54.3 Å². The Morgan fingerprint density at radius 2 is 1.65 bits per heavy atom. The molecule has 1 aromatic heterocycles. The monoisotopic (exact) mass is 480 g/mol. The van der Waals surface area contributed by atoms with Crippen LogP contribution in [0, 0.1) is 0 Å². The van der Waals surface area contributed by atoms with Crippen molar-refractivity contribution in [3.05, 3.63) is 65.2 Å². The molecule has 178 valence electrons. The van der Waals surface area contributed by atoms with E-state index in [1.807, 2.05) is 42.2 Å². The number of benzene rings is 2. The number of halogens is 1. The van der Waals surface area contributed by atoms with Gasteiger partial charge in [-0.15, -0.1) is 10.2 Å². The van der Waals surface area contributed by atoms with Crippen LogP contribution in [0.1, 0.15) is 37.8 Å². The zero-order valence-corrected chi connectivity index (χ0v) is 20.1. The third kappa shape index (κ3) is 5.80. The van der Waals surface area contributed by atoms with E-state index in [4.69, 9.17) is 11.6 Å². The number of nitrogens with zero attached hydrogens (tertiary/aromatic N) is 6. The fraction of sp³-hybridized carbons (Fsp3) is 0.400. The van der Waals surface area contributed by atoms with E-state index in [0.29, 0.717) is 49.9 Å². The van der Waals surface area contributed by atoms with Crippen molar-refractivity contribution in [1.29, 1.82) is 0 Å². The van der Waals surface area contributed by atoms with Crippen LogP contribution < -0.4 is 0 Å². The van der Waals surface area contributed by atoms with Crippen molar-refractivity contribution >= 4 is 23.4 Å². The highest BCUT2D eigenvalue weighted by Crippen LogP contribution is 2.20. The highest BCUT2D eigenvalue weighted by Gasteiger charge is 2.30. The molecular formula is C25H29ClN6O2. The smallest absolute Gasteiger partial charge is 0.249 e. The molecule has 1 fully saturated rings. The summed E-state index contributed by atoms with van der Waals surface area (Å²) in [6.45, 7) is 4.05. The van der Waals surface area contributed by atoms with Crippen molar-refractivity contribution in [2.24, 2.45) is 0 Å². The average Bonchev–Trinajstić information content (AvgIpc) is 3.35. The first-order chi connectivity index (χ1) is 16.5. The van der Waals surface area contributed by atoms with Crippen LogP contribution in [0.3, 0.4) is 0 Å². The van der Waals surface area contributed by atoms with E-state index < -0.39 is 6.04 Å². The van der Waals surface area contributed by atoms with Crippen molar-refractivity contribution in [2.75, 3.05) is 26.2 Å². The molecule has 0 saturated carbocycles. The minimum absolute atomic E-state index is 0.0428. The number of amides is 2. The van der Waals surface area contributed by atoms with Crippen molar-refractivity contribution in [1.82, 2.24) is 30.0 Å². The van der Waals surface area contributed by atoms with Crippen molar-refractivity contribution in [3.63, 3.8) is 0 Å². The highest BCUT2D eigenvalue weighted by molar-refractivity contribution is 6.30. The van der Waals surface area contributed by atoms with Gasteiger partial charge in [0.2, 0.25) is 17.6 Å². The van der Waals surface area contributed by atoms with Crippen LogP contribution in [0.15, 0.2) is 54.6 Å². The van der Waals surface area contributed by atoms with E-state index >= 15 is 0 Å². The number of piperazine rings is 1. The van der Waals surface area contributed by atoms with E-state index in [1.54, 1.807) is 17.0 Å². The molecular weight excluding hydrogens is 452 g/mol. The van der Waals surface area contributed by atoms with Crippen LogP contribution in [-0.4, -0.2) is 68.0 Å². The van der Waals surface area contributed by atoms with Gasteiger partial charge < -0.3 is 9.80 Å². The Bertz CT molecular complexity index is 1090. The Balaban J connectivity index is 1.29. The van der Waals surface area contributed by atoms with E-state index in [0.717, 1.165) is 18.4 Å². The number of tetrazole rings is 1. The summed E-state index contributed by atoms with van der Waals surface area (Å²) in [5.41, 5.74) is 2.04. The summed E-state index contributed by atoms with van der Waals surface area (Å²) >= 11 is 5.95. The number of aromatic nitrogens is 4. The molecule has 0 spiro atoms. The Morgan fingerprint density at radius 1 is 0.971 bits per heavy atom. The second kappa shape index (κ2) is 11.2. The summed E-state index contributed by atoms with van der Waals surface area (Å²) in [6.07, 6.45) is 2.80. The SMILES string of the molecule is CCC(C(=O)N1CCN(C(=O)CCCc2ccccc2)CC1)n1nnc(-c2ccc(Cl)cc2)n1. The lowest BCUT2D eigenvalue weighted by Gasteiger charge is -2.36. The summed E-state index contributed by atoms with van der Waals surface area (Å²) in [7, 11) is 0. The van der Waals surface area contributed by atoms with Crippen LogP contribution in [-0.2, 0) is 16.0 Å². The zero-order chi connectivity index (χ0) is 23.9. The summed E-state index contributed by atoms with van der Waals surface area (Å²) in [5.74, 6) is 0.563. The molecule has 0 radical (unpaired) electrons. The van der Waals surface area contributed by atoms with E-state index in [-0.39, 0.29) is 11.8 Å². The fourth-order valence-corrected chi connectivity index (χ4v) is 4.27. The lowest BCUT2D eigenvalue weighted by atomic mass is 10.1. The van der Waals surface area contributed by atoms with Gasteiger partial charge in [-0.2, -0.15) is 4.80 Å². The molecule has 1 saturated heterocycles. The predicted molar refractivity (Wildman–Crippen MR) is 130 cm³/mol. The molecule has 0 bridgehead atoms. The van der Waals surface area contributed by atoms with Crippen LogP contribution in [0.2, 0.25) is 5.02 Å². The highest BCUT2D eigenvalue weighted by atomic mass is 35.5. The number of carbonyl (C=O) groups is 2. The number of aryl methyl sites for hydroxylation is 1. The maximum atomic E-state index is 13.2. The minimum atomic E-state index is -0.526. The molecule has 9 heteroatoms. The first-order valence-electron chi connectivity index (χ1n) is 11.7. The first-order valence-corrected chi connectivity index (χ1v) is 12.1. The van der Waals surface area contributed by atoms with Crippen molar-refractivity contribution in [2.45, 2.75) is 38.6 Å². The van der Waals surface area contributed by atoms with E-state index in [2.05, 4.69) is 27.5 Å². The quantitative estimate of drug-likeness (QED) is 0.491. The van der Waals surface area contributed by atoms with Gasteiger partial charge in [-0.1, -0.05) is 48.9 Å². The summed E-state index contributed by atoms with van der Waals surface area (Å²) in [6, 6.07) is 16.9. The molecule has 0 aliphatic carbocycles. The van der Waals surface area contributed by atoms with Gasteiger partial charge in [-0.3, -0.25) is 9.59 Å². The molecule has 2 aromatic carbocycles. The fourth-order valence-electron chi connectivity index (χ4n) is 4.14. The van der Waals surface area contributed by atoms with Gasteiger partial charge in [0.05, 0.1) is 0 Å². The number of rotatable bonds is 8. The number of hydrogen-bond acceptors (Lipinski definition) is 5. The van der Waals surface area contributed by atoms with Gasteiger partial charge in [0, 0.05) is 43.2 Å². The first kappa shape index (κ1) is 23.9. The van der Waals surface area contributed by atoms with Gasteiger partial charge >= 0.3 is 0 Å². The molecule has 2 amide bonds. The molecule has 0 N–H and O–H groups in total. The number of hydrogen-bond donors (Lipinski definition) is 0. The van der Waals surface area contributed by atoms with Crippen LogP contribution in [0.25, 0.3) is 11.4 Å². The third-order valence-corrected chi connectivity index (χ3v) is 6.38. The molecule has 3 aromatic rings. The molecule has 34 heavy (non-hydrogen) atoms. The largest absolute Gasteiger partial charge is 0.339 e. The maximum Gasteiger partial charge on any atom is 0.249 e. The summed E-state index contributed by atoms with van der Waals surface area (Å²) < 4.78 is 0. The van der Waals surface area contributed by atoms with Crippen molar-refractivity contribution in [3.8, 4) is 11.4 Å².